The third-order valence-electron chi connectivity index (χ3n) is 3.95. The van der Waals surface area contributed by atoms with Crippen LogP contribution in [0.4, 0.5) is 5.69 Å². The van der Waals surface area contributed by atoms with Gasteiger partial charge in [0.2, 0.25) is 0 Å². The molecule has 0 aliphatic heterocycles. The molecule has 0 spiro atoms. The van der Waals surface area contributed by atoms with E-state index in [9.17, 15) is 24.0 Å². The highest BCUT2D eigenvalue weighted by Crippen LogP contribution is 2.10. The van der Waals surface area contributed by atoms with Crippen LogP contribution in [0.5, 0.6) is 0 Å². The summed E-state index contributed by atoms with van der Waals surface area (Å²) in [6, 6.07) is 13.7. The average Bonchev–Trinajstić information content (AvgIpc) is 2.83. The highest BCUT2D eigenvalue weighted by atomic mass is 16.5. The molecule has 1 aromatic heterocycles. The maximum Gasteiger partial charge on any atom is 0.339 e. The second-order valence-corrected chi connectivity index (χ2v) is 6.31. The van der Waals surface area contributed by atoms with Crippen LogP contribution in [-0.4, -0.2) is 48.8 Å². The number of hydrogen-bond acceptors (Lipinski definition) is 9. The van der Waals surface area contributed by atoms with Gasteiger partial charge in [0.1, 0.15) is 0 Å². The number of benzene rings is 2. The average molecular weight is 475 g/mol. The molecule has 1 heterocycles. The normalized spacial score (nSPS) is 9.00. The molecule has 2 aromatic carbocycles. The third kappa shape index (κ3) is 10.3. The molecule has 34 heavy (non-hydrogen) atoms. The molecule has 0 atom stereocenters. The molecule has 0 bridgehead atoms. The lowest BCUT2D eigenvalue weighted by Crippen LogP contribution is -2.32. The van der Waals surface area contributed by atoms with E-state index in [1.54, 1.807) is 48.5 Å². The Hall–Kier alpha value is -4.41. The number of fused-ring (bicyclic) bond motifs is 1. The van der Waals surface area contributed by atoms with E-state index in [0.717, 1.165) is 4.57 Å². The van der Waals surface area contributed by atoms with E-state index in [0.29, 0.717) is 22.2 Å². The first-order chi connectivity index (χ1) is 16.0. The van der Waals surface area contributed by atoms with E-state index in [1.807, 2.05) is 0 Å². The van der Waals surface area contributed by atoms with Crippen molar-refractivity contribution in [3.8, 4) is 0 Å². The molecule has 0 saturated carbocycles. The van der Waals surface area contributed by atoms with Gasteiger partial charge in [0, 0.05) is 26.6 Å². The molecule has 0 aliphatic carbocycles. The first-order valence-corrected chi connectivity index (χ1v) is 9.70. The first-order valence-electron chi connectivity index (χ1n) is 9.70. The van der Waals surface area contributed by atoms with Crippen molar-refractivity contribution < 1.29 is 28.6 Å². The molecule has 3 rings (SSSR count). The monoisotopic (exact) mass is 475 g/mol. The lowest BCUT2D eigenvalue weighted by molar-refractivity contribution is -0.138. The van der Waals surface area contributed by atoms with Gasteiger partial charge < -0.3 is 24.9 Å². The number of nitrogen functional groups attached to an aromatic ring is 1. The van der Waals surface area contributed by atoms with E-state index in [1.165, 1.54) is 42.2 Å². The predicted molar refractivity (Wildman–Crippen MR) is 127 cm³/mol. The molecule has 11 heteroatoms. The standard InChI is InChI=1S/C9H8N2O2.C8H9NO2.2C3H6O2/c1-11-8(12)6-4-2-3-5-7(6)10-9(11)13;1-11-8(10)6-4-2-3-5-7(6)9;2*1-3(4)5-2/h2-5H,1H3,(H,10,13);2-5H,9H2,1H3;2*1-2H3. The summed E-state index contributed by atoms with van der Waals surface area (Å²) in [5.74, 6) is -0.891. The fraction of sp³-hybridized carbons (Fsp3) is 0.261. The topological polar surface area (TPSA) is 160 Å². The van der Waals surface area contributed by atoms with E-state index in [2.05, 4.69) is 19.2 Å². The third-order valence-corrected chi connectivity index (χ3v) is 3.95. The minimum Gasteiger partial charge on any atom is -0.469 e. The number of rotatable bonds is 1. The number of para-hydroxylation sites is 2. The van der Waals surface area contributed by atoms with Crippen LogP contribution in [0, 0.1) is 0 Å². The summed E-state index contributed by atoms with van der Waals surface area (Å²) in [4.78, 5) is 55.4. The summed E-state index contributed by atoms with van der Waals surface area (Å²) >= 11 is 0. The number of nitrogens with two attached hydrogens (primary N) is 1. The van der Waals surface area contributed by atoms with Crippen molar-refractivity contribution in [3.05, 3.63) is 74.9 Å². The highest BCUT2D eigenvalue weighted by molar-refractivity contribution is 5.94. The summed E-state index contributed by atoms with van der Waals surface area (Å²) in [5.41, 5.74) is 6.28. The predicted octanol–water partition coefficient (Wildman–Crippen LogP) is 1.64. The number of esters is 3. The zero-order valence-corrected chi connectivity index (χ0v) is 19.9. The van der Waals surface area contributed by atoms with Crippen molar-refractivity contribution in [1.82, 2.24) is 9.55 Å². The van der Waals surface area contributed by atoms with Crippen molar-refractivity contribution in [2.24, 2.45) is 7.05 Å². The molecule has 0 saturated heterocycles. The van der Waals surface area contributed by atoms with Gasteiger partial charge in [-0.1, -0.05) is 24.3 Å². The Morgan fingerprint density at radius 1 is 0.824 bits per heavy atom. The maximum atomic E-state index is 11.5. The van der Waals surface area contributed by atoms with Crippen LogP contribution in [0.15, 0.2) is 58.1 Å². The van der Waals surface area contributed by atoms with Crippen molar-refractivity contribution >= 4 is 34.5 Å². The number of carbonyl (C=O) groups is 3. The van der Waals surface area contributed by atoms with Crippen LogP contribution in [-0.2, 0) is 30.8 Å². The minimum atomic E-state index is -0.400. The number of anilines is 1. The summed E-state index contributed by atoms with van der Waals surface area (Å²) in [6.07, 6.45) is 0. The van der Waals surface area contributed by atoms with Crippen LogP contribution in [0.25, 0.3) is 10.9 Å². The first kappa shape index (κ1) is 29.6. The fourth-order valence-corrected chi connectivity index (χ4v) is 2.04. The van der Waals surface area contributed by atoms with Crippen LogP contribution >= 0.6 is 0 Å². The SMILES string of the molecule is COC(=O)c1ccccc1N.COC(C)=O.COC(C)=O.Cn1c(=O)[nH]c2ccccc2c1=O. The molecule has 0 radical (unpaired) electrons. The molecule has 3 N–H and O–H groups in total. The van der Waals surface area contributed by atoms with Gasteiger partial charge in [-0.3, -0.25) is 19.0 Å². The Bertz CT molecular complexity index is 1200. The number of H-pyrrole nitrogens is 1. The molecule has 0 amide bonds. The lowest BCUT2D eigenvalue weighted by atomic mass is 10.2. The summed E-state index contributed by atoms with van der Waals surface area (Å²) in [7, 11) is 5.48. The Morgan fingerprint density at radius 2 is 1.29 bits per heavy atom. The van der Waals surface area contributed by atoms with Gasteiger partial charge in [-0.05, 0) is 24.3 Å². The van der Waals surface area contributed by atoms with Crippen LogP contribution in [0.1, 0.15) is 24.2 Å². The van der Waals surface area contributed by atoms with Crippen molar-refractivity contribution in [3.63, 3.8) is 0 Å². The number of aromatic amines is 1. The van der Waals surface area contributed by atoms with Crippen LogP contribution in [0.3, 0.4) is 0 Å². The molecule has 3 aromatic rings. The summed E-state index contributed by atoms with van der Waals surface area (Å²) < 4.78 is 13.8. The van der Waals surface area contributed by atoms with Gasteiger partial charge in [-0.25, -0.2) is 9.59 Å². The van der Waals surface area contributed by atoms with Crippen molar-refractivity contribution in [1.29, 1.82) is 0 Å². The smallest absolute Gasteiger partial charge is 0.339 e. The Morgan fingerprint density at radius 3 is 1.76 bits per heavy atom. The van der Waals surface area contributed by atoms with Gasteiger partial charge in [0.05, 0.1) is 37.8 Å². The largest absolute Gasteiger partial charge is 0.469 e. The molecule has 11 nitrogen and oxygen atoms in total. The summed E-state index contributed by atoms with van der Waals surface area (Å²) in [5, 5.41) is 0.532. The van der Waals surface area contributed by atoms with Gasteiger partial charge in [-0.2, -0.15) is 0 Å². The van der Waals surface area contributed by atoms with Crippen LogP contribution < -0.4 is 17.0 Å². The number of aromatic nitrogens is 2. The molecule has 0 unspecified atom stereocenters. The lowest BCUT2D eigenvalue weighted by Gasteiger charge is -2.00. The van der Waals surface area contributed by atoms with Crippen molar-refractivity contribution in [2.75, 3.05) is 27.1 Å². The molecule has 0 aliphatic rings. The Balaban J connectivity index is 0.000000469. The molecular formula is C23H29N3O8. The van der Waals surface area contributed by atoms with E-state index < -0.39 is 5.97 Å². The quantitative estimate of drug-likeness (QED) is 0.303. The molecule has 184 valence electrons. The van der Waals surface area contributed by atoms with Gasteiger partial charge in [-0.15, -0.1) is 0 Å². The van der Waals surface area contributed by atoms with E-state index in [4.69, 9.17) is 5.73 Å². The minimum absolute atomic E-state index is 0.245. The number of hydrogen-bond donors (Lipinski definition) is 2. The molecular weight excluding hydrogens is 446 g/mol. The second kappa shape index (κ2) is 15.4. The summed E-state index contributed by atoms with van der Waals surface area (Å²) in [6.45, 7) is 2.72. The number of nitrogens with one attached hydrogen (secondary N) is 1. The van der Waals surface area contributed by atoms with E-state index in [-0.39, 0.29) is 23.2 Å². The van der Waals surface area contributed by atoms with E-state index >= 15 is 0 Å². The maximum absolute atomic E-state index is 11.5. The fourth-order valence-electron chi connectivity index (χ4n) is 2.04. The van der Waals surface area contributed by atoms with Gasteiger partial charge in [0.25, 0.3) is 5.56 Å². The number of nitrogens with zero attached hydrogens (tertiary/aromatic N) is 1. The number of carbonyl (C=O) groups excluding carboxylic acids is 3. The molecule has 0 fully saturated rings. The Kier molecular flexibility index (Phi) is 13.4. The number of methoxy groups -OCH3 is 3. The highest BCUT2D eigenvalue weighted by Gasteiger charge is 2.06. The van der Waals surface area contributed by atoms with Gasteiger partial charge >= 0.3 is 23.6 Å². The zero-order valence-electron chi connectivity index (χ0n) is 19.9. The number of ether oxygens (including phenoxy) is 3. The zero-order chi connectivity index (χ0) is 26.3. The Labute approximate surface area is 196 Å². The van der Waals surface area contributed by atoms with Crippen LogP contribution in [0.2, 0.25) is 0 Å². The second-order valence-electron chi connectivity index (χ2n) is 6.31. The van der Waals surface area contributed by atoms with Crippen molar-refractivity contribution in [2.45, 2.75) is 13.8 Å². The van der Waals surface area contributed by atoms with Gasteiger partial charge in [0.15, 0.2) is 0 Å².